The molecule has 0 radical (unpaired) electrons. The molecule has 4 aliphatic heterocycles. The average molecular weight is 559 g/mol. The fourth-order valence-corrected chi connectivity index (χ4v) is 6.83. The third-order valence-electron chi connectivity index (χ3n) is 9.02. The van der Waals surface area contributed by atoms with Gasteiger partial charge in [-0.25, -0.2) is 4.98 Å². The van der Waals surface area contributed by atoms with Gasteiger partial charge in [0.15, 0.2) is 11.5 Å². The number of hydrogen-bond acceptors (Lipinski definition) is 8. The van der Waals surface area contributed by atoms with Crippen molar-refractivity contribution in [1.29, 1.82) is 0 Å². The van der Waals surface area contributed by atoms with Gasteiger partial charge in [-0.2, -0.15) is 0 Å². The summed E-state index contributed by atoms with van der Waals surface area (Å²) in [6, 6.07) is 6.18. The summed E-state index contributed by atoms with van der Waals surface area (Å²) in [6.07, 6.45) is 0.533. The molecule has 4 aliphatic rings. The molecule has 6 heterocycles. The predicted octanol–water partition coefficient (Wildman–Crippen LogP) is 4.02. The molecule has 0 N–H and O–H groups in total. The summed E-state index contributed by atoms with van der Waals surface area (Å²) < 4.78 is 26.3. The lowest BCUT2D eigenvalue weighted by Crippen LogP contribution is -2.44. The topological polar surface area (TPSA) is 78.3 Å². The molecule has 9 nitrogen and oxygen atoms in total. The minimum Gasteiger partial charge on any atom is -0.490 e. The number of piperazine rings is 1. The van der Waals surface area contributed by atoms with Gasteiger partial charge in [0, 0.05) is 55.3 Å². The highest BCUT2D eigenvalue weighted by Gasteiger charge is 2.45. The van der Waals surface area contributed by atoms with E-state index < -0.39 is 5.60 Å². The van der Waals surface area contributed by atoms with Gasteiger partial charge >= 0.3 is 0 Å². The van der Waals surface area contributed by atoms with E-state index in [4.69, 9.17) is 23.9 Å². The van der Waals surface area contributed by atoms with E-state index in [1.54, 1.807) is 0 Å². The van der Waals surface area contributed by atoms with E-state index in [1.807, 2.05) is 24.5 Å². The zero-order valence-electron chi connectivity index (χ0n) is 24.4. The van der Waals surface area contributed by atoms with Gasteiger partial charge in [-0.3, -0.25) is 9.69 Å². The zero-order valence-corrected chi connectivity index (χ0v) is 24.4. The number of rotatable bonds is 5. The monoisotopic (exact) mass is 558 g/mol. The lowest BCUT2D eigenvalue weighted by atomic mass is 9.84. The summed E-state index contributed by atoms with van der Waals surface area (Å²) in [6.45, 7) is 16.8. The Morgan fingerprint density at radius 2 is 1.78 bits per heavy atom. The van der Waals surface area contributed by atoms with Gasteiger partial charge in [0.25, 0.3) is 5.56 Å². The van der Waals surface area contributed by atoms with Crippen LogP contribution in [0, 0.1) is 0 Å². The molecule has 0 saturated carbocycles. The summed E-state index contributed by atoms with van der Waals surface area (Å²) in [4.78, 5) is 24.2. The second-order valence-electron chi connectivity index (χ2n) is 11.9. The molecule has 1 fully saturated rings. The van der Waals surface area contributed by atoms with Crippen molar-refractivity contribution in [3.8, 4) is 22.9 Å². The lowest BCUT2D eigenvalue weighted by molar-refractivity contribution is -0.105. The molecule has 0 spiro atoms. The molecule has 0 aliphatic carbocycles. The molecule has 1 saturated heterocycles. The highest BCUT2D eigenvalue weighted by Crippen LogP contribution is 2.46. The average Bonchev–Trinajstić information content (AvgIpc) is 3.33. The molecule has 1 atom stereocenters. The van der Waals surface area contributed by atoms with Gasteiger partial charge in [-0.1, -0.05) is 13.5 Å². The van der Waals surface area contributed by atoms with Crippen LogP contribution in [0.5, 0.6) is 11.5 Å². The number of aromatic nitrogens is 2. The summed E-state index contributed by atoms with van der Waals surface area (Å²) in [7, 11) is 2.17. The first-order valence-corrected chi connectivity index (χ1v) is 14.7. The van der Waals surface area contributed by atoms with Crippen LogP contribution in [0.4, 0.5) is 0 Å². The number of fused-ring (bicyclic) bond motifs is 6. The molecule has 0 bridgehead atoms. The standard InChI is InChI=1S/C32H38N4O5/c1-6-32(41-19(2)3)20(4)40-18-24-25(32)14-27-30-23(17-36(27)31(24)37)22(16-35-9-7-34(5)8-10-35)21-13-28-29(15-26(21)33-30)39-12-11-38-28/h13-15,19H,4,6-12,16-18H2,1-3,5H3/t32-/m1/s1. The maximum Gasteiger partial charge on any atom is 0.258 e. The van der Waals surface area contributed by atoms with Crippen molar-refractivity contribution in [2.45, 2.75) is 58.6 Å². The number of hydrogen-bond donors (Lipinski definition) is 0. The van der Waals surface area contributed by atoms with Crippen LogP contribution in [-0.2, 0) is 34.8 Å². The van der Waals surface area contributed by atoms with Gasteiger partial charge in [0.2, 0.25) is 0 Å². The van der Waals surface area contributed by atoms with Crippen LogP contribution in [-0.4, -0.2) is 71.9 Å². The normalized spacial score (nSPS) is 22.0. The van der Waals surface area contributed by atoms with E-state index in [2.05, 4.69) is 42.5 Å². The van der Waals surface area contributed by atoms with Gasteiger partial charge in [0.05, 0.1) is 35.1 Å². The molecule has 0 unspecified atom stereocenters. The molecule has 216 valence electrons. The van der Waals surface area contributed by atoms with Crippen LogP contribution in [0.2, 0.25) is 0 Å². The van der Waals surface area contributed by atoms with Gasteiger partial charge in [-0.05, 0) is 45.0 Å². The van der Waals surface area contributed by atoms with Crippen LogP contribution in [0.25, 0.3) is 22.3 Å². The molecule has 9 heteroatoms. The Labute approximate surface area is 240 Å². The fraction of sp³-hybridized carbons (Fsp3) is 0.500. The van der Waals surface area contributed by atoms with Crippen LogP contribution in [0.1, 0.15) is 49.4 Å². The van der Waals surface area contributed by atoms with Crippen molar-refractivity contribution in [3.63, 3.8) is 0 Å². The van der Waals surface area contributed by atoms with Gasteiger partial charge in [-0.15, -0.1) is 0 Å². The minimum atomic E-state index is -0.886. The maximum absolute atomic E-state index is 14.1. The van der Waals surface area contributed by atoms with E-state index in [0.29, 0.717) is 43.3 Å². The van der Waals surface area contributed by atoms with Gasteiger partial charge in [0.1, 0.15) is 31.2 Å². The zero-order chi connectivity index (χ0) is 28.5. The molecule has 7 rings (SSSR count). The second-order valence-corrected chi connectivity index (χ2v) is 11.9. The molecule has 0 amide bonds. The summed E-state index contributed by atoms with van der Waals surface area (Å²) in [5.41, 5.74) is 5.37. The van der Waals surface area contributed by atoms with E-state index in [0.717, 1.165) is 71.9 Å². The first-order valence-electron chi connectivity index (χ1n) is 14.7. The Hall–Kier alpha value is -3.40. The fourth-order valence-electron chi connectivity index (χ4n) is 6.83. The Morgan fingerprint density at radius 3 is 2.49 bits per heavy atom. The van der Waals surface area contributed by atoms with Crippen molar-refractivity contribution in [2.24, 2.45) is 0 Å². The Morgan fingerprint density at radius 1 is 1.05 bits per heavy atom. The van der Waals surface area contributed by atoms with E-state index >= 15 is 0 Å². The molecular weight excluding hydrogens is 520 g/mol. The van der Waals surface area contributed by atoms with Crippen molar-refractivity contribution in [2.75, 3.05) is 46.4 Å². The molecule has 3 aromatic rings. The second kappa shape index (κ2) is 9.86. The Balaban J connectivity index is 1.44. The molecule has 2 aromatic heterocycles. The van der Waals surface area contributed by atoms with Crippen molar-refractivity contribution in [3.05, 3.63) is 63.1 Å². The summed E-state index contributed by atoms with van der Waals surface area (Å²) in [5, 5.41) is 1.06. The molecule has 41 heavy (non-hydrogen) atoms. The van der Waals surface area contributed by atoms with Crippen molar-refractivity contribution >= 4 is 10.9 Å². The Bertz CT molecular complexity index is 1620. The van der Waals surface area contributed by atoms with E-state index in [-0.39, 0.29) is 18.3 Å². The smallest absolute Gasteiger partial charge is 0.258 e. The van der Waals surface area contributed by atoms with Crippen molar-refractivity contribution < 1.29 is 18.9 Å². The van der Waals surface area contributed by atoms with Gasteiger partial charge < -0.3 is 28.4 Å². The first kappa shape index (κ1) is 26.5. The first-order chi connectivity index (χ1) is 19.8. The highest BCUT2D eigenvalue weighted by molar-refractivity contribution is 5.90. The van der Waals surface area contributed by atoms with Crippen LogP contribution in [0.3, 0.4) is 0 Å². The third kappa shape index (κ3) is 4.16. The van der Waals surface area contributed by atoms with E-state index in [1.165, 1.54) is 5.56 Å². The summed E-state index contributed by atoms with van der Waals surface area (Å²) in [5.74, 6) is 2.02. The lowest BCUT2D eigenvalue weighted by Gasteiger charge is -2.41. The largest absolute Gasteiger partial charge is 0.490 e. The molecule has 1 aromatic carbocycles. The maximum atomic E-state index is 14.1. The number of pyridine rings is 2. The Kier molecular flexibility index (Phi) is 6.37. The van der Waals surface area contributed by atoms with Crippen molar-refractivity contribution in [1.82, 2.24) is 19.4 Å². The number of nitrogens with zero attached hydrogens (tertiary/aromatic N) is 4. The highest BCUT2D eigenvalue weighted by atomic mass is 16.6. The van der Waals surface area contributed by atoms with E-state index in [9.17, 15) is 4.79 Å². The predicted molar refractivity (Wildman–Crippen MR) is 156 cm³/mol. The van der Waals surface area contributed by atoms with Crippen LogP contribution >= 0.6 is 0 Å². The SMILES string of the molecule is C=C1OCc2c(cc3n(c2=O)Cc2c-3nc3cc4c(cc3c2CN2CCN(C)CC2)OCCO4)[C@]1(CC)OC(C)C. The quantitative estimate of drug-likeness (QED) is 0.364. The van der Waals surface area contributed by atoms with Crippen LogP contribution in [0.15, 0.2) is 35.3 Å². The number of benzene rings is 1. The summed E-state index contributed by atoms with van der Waals surface area (Å²) >= 11 is 0. The third-order valence-corrected chi connectivity index (χ3v) is 9.02. The van der Waals surface area contributed by atoms with Crippen LogP contribution < -0.4 is 15.0 Å². The number of likely N-dealkylation sites (N-methyl/N-ethyl adjacent to an activating group) is 1. The minimum absolute atomic E-state index is 0.0475. The molecular formula is C32H38N4O5. The number of ether oxygens (including phenoxy) is 4.